The van der Waals surface area contributed by atoms with Crippen molar-refractivity contribution in [1.29, 1.82) is 0 Å². The number of amides is 1. The van der Waals surface area contributed by atoms with E-state index in [2.05, 4.69) is 25.6 Å². The van der Waals surface area contributed by atoms with Gasteiger partial charge in [-0.25, -0.2) is 28.1 Å². The second-order valence-corrected chi connectivity index (χ2v) is 6.31. The van der Waals surface area contributed by atoms with Gasteiger partial charge >= 0.3 is 0 Å². The number of aryl methyl sites for hydroxylation is 1. The summed E-state index contributed by atoms with van der Waals surface area (Å²) in [6.07, 6.45) is -1.44. The van der Waals surface area contributed by atoms with Gasteiger partial charge in [-0.2, -0.15) is 0 Å². The molecule has 0 bridgehead atoms. The first kappa shape index (κ1) is 19.5. The zero-order valence-electron chi connectivity index (χ0n) is 15.4. The minimum absolute atomic E-state index is 0.0909. The van der Waals surface area contributed by atoms with Crippen LogP contribution in [-0.2, 0) is 4.79 Å². The third-order valence-corrected chi connectivity index (χ3v) is 4.10. The maximum absolute atomic E-state index is 14.5. The molecule has 1 atom stereocenters. The maximum atomic E-state index is 14.5. The van der Waals surface area contributed by atoms with Crippen LogP contribution in [0.2, 0.25) is 0 Å². The molecule has 6 nitrogen and oxygen atoms in total. The second kappa shape index (κ2) is 7.79. The van der Waals surface area contributed by atoms with Crippen LogP contribution in [0.5, 0.6) is 0 Å². The number of rotatable bonds is 5. The molecule has 3 rings (SSSR count). The Balaban J connectivity index is 2.01. The number of alkyl halides is 2. The standard InChI is InChI=1S/C19H18F3N5O/c1-9(13-5-4-6-14(16(13)20)17(21)22)24-19-15-7-12(27-11(3)28)8-23-18(15)25-10(2)26-19/h4-9,17H,1-3H3,(H,27,28)(H,23,24,25,26). The molecule has 0 aliphatic rings. The van der Waals surface area contributed by atoms with E-state index in [0.717, 1.165) is 6.07 Å². The zero-order valence-corrected chi connectivity index (χ0v) is 15.4. The number of anilines is 2. The molecular formula is C19H18F3N5O. The lowest BCUT2D eigenvalue weighted by atomic mass is 10.0. The maximum Gasteiger partial charge on any atom is 0.266 e. The predicted molar refractivity (Wildman–Crippen MR) is 99.8 cm³/mol. The number of fused-ring (bicyclic) bond motifs is 1. The van der Waals surface area contributed by atoms with E-state index in [0.29, 0.717) is 28.4 Å². The summed E-state index contributed by atoms with van der Waals surface area (Å²) in [6, 6.07) is 4.88. The van der Waals surface area contributed by atoms with Crippen molar-refractivity contribution in [2.45, 2.75) is 33.2 Å². The van der Waals surface area contributed by atoms with Crippen molar-refractivity contribution in [1.82, 2.24) is 15.0 Å². The smallest absolute Gasteiger partial charge is 0.266 e. The lowest BCUT2D eigenvalue weighted by Gasteiger charge is -2.18. The topological polar surface area (TPSA) is 79.8 Å². The number of aromatic nitrogens is 3. The van der Waals surface area contributed by atoms with Crippen LogP contribution in [0.3, 0.4) is 0 Å². The van der Waals surface area contributed by atoms with E-state index in [1.54, 1.807) is 19.9 Å². The quantitative estimate of drug-likeness (QED) is 0.670. The fraction of sp³-hybridized carbons (Fsp3) is 0.263. The first-order valence-corrected chi connectivity index (χ1v) is 8.51. The molecule has 3 aromatic rings. The van der Waals surface area contributed by atoms with E-state index in [1.807, 2.05) is 0 Å². The third kappa shape index (κ3) is 4.03. The molecule has 2 aromatic heterocycles. The Bertz CT molecular complexity index is 1040. The van der Waals surface area contributed by atoms with E-state index >= 15 is 0 Å². The SMILES string of the molecule is CC(=O)Nc1cnc2nc(C)nc(NC(C)c3cccc(C(F)F)c3F)c2c1. The van der Waals surface area contributed by atoms with Crippen LogP contribution in [0.15, 0.2) is 30.5 Å². The second-order valence-electron chi connectivity index (χ2n) is 6.31. The van der Waals surface area contributed by atoms with Gasteiger partial charge in [-0.15, -0.1) is 0 Å². The summed E-state index contributed by atoms with van der Waals surface area (Å²) in [5.41, 5.74) is 0.282. The van der Waals surface area contributed by atoms with Crippen LogP contribution in [0.1, 0.15) is 43.3 Å². The summed E-state index contributed by atoms with van der Waals surface area (Å²) in [4.78, 5) is 24.1. The highest BCUT2D eigenvalue weighted by molar-refractivity contribution is 5.94. The molecule has 28 heavy (non-hydrogen) atoms. The Labute approximate surface area is 159 Å². The highest BCUT2D eigenvalue weighted by Gasteiger charge is 2.20. The van der Waals surface area contributed by atoms with Crippen molar-refractivity contribution in [3.63, 3.8) is 0 Å². The Morgan fingerprint density at radius 1 is 1.18 bits per heavy atom. The van der Waals surface area contributed by atoms with Gasteiger partial charge in [-0.05, 0) is 19.9 Å². The van der Waals surface area contributed by atoms with Gasteiger partial charge in [-0.1, -0.05) is 18.2 Å². The molecule has 0 fully saturated rings. The van der Waals surface area contributed by atoms with Gasteiger partial charge in [0.1, 0.15) is 17.5 Å². The lowest BCUT2D eigenvalue weighted by Crippen LogP contribution is -2.13. The first-order valence-electron chi connectivity index (χ1n) is 8.51. The van der Waals surface area contributed by atoms with Gasteiger partial charge in [0.15, 0.2) is 5.65 Å². The van der Waals surface area contributed by atoms with Gasteiger partial charge in [0, 0.05) is 12.5 Å². The van der Waals surface area contributed by atoms with Crippen LogP contribution < -0.4 is 10.6 Å². The Kier molecular flexibility index (Phi) is 5.43. The van der Waals surface area contributed by atoms with Gasteiger partial charge in [-0.3, -0.25) is 4.79 Å². The first-order chi connectivity index (χ1) is 13.3. The molecule has 2 N–H and O–H groups in total. The van der Waals surface area contributed by atoms with Crippen molar-refractivity contribution in [3.8, 4) is 0 Å². The molecule has 0 radical (unpaired) electrons. The van der Waals surface area contributed by atoms with Crippen molar-refractivity contribution >= 4 is 28.4 Å². The van der Waals surface area contributed by atoms with Crippen molar-refractivity contribution < 1.29 is 18.0 Å². The number of benzene rings is 1. The van der Waals surface area contributed by atoms with E-state index in [-0.39, 0.29) is 11.5 Å². The minimum atomic E-state index is -2.90. The normalized spacial score (nSPS) is 12.2. The number of pyridine rings is 1. The largest absolute Gasteiger partial charge is 0.363 e. The van der Waals surface area contributed by atoms with Crippen LogP contribution in [0.25, 0.3) is 11.0 Å². The molecule has 1 amide bonds. The molecule has 0 saturated carbocycles. The van der Waals surface area contributed by atoms with Crippen molar-refractivity contribution in [2.24, 2.45) is 0 Å². The fourth-order valence-electron chi connectivity index (χ4n) is 2.86. The van der Waals surface area contributed by atoms with Crippen LogP contribution in [0, 0.1) is 12.7 Å². The highest BCUT2D eigenvalue weighted by Crippen LogP contribution is 2.30. The summed E-state index contributed by atoms with van der Waals surface area (Å²) >= 11 is 0. The monoisotopic (exact) mass is 389 g/mol. The van der Waals surface area contributed by atoms with Gasteiger partial charge in [0.25, 0.3) is 6.43 Å². The number of halogens is 3. The summed E-state index contributed by atoms with van der Waals surface area (Å²) in [6.45, 7) is 4.69. The molecule has 146 valence electrons. The predicted octanol–water partition coefficient (Wildman–Crippen LogP) is 4.54. The summed E-state index contributed by atoms with van der Waals surface area (Å²) < 4.78 is 40.4. The molecule has 9 heteroatoms. The van der Waals surface area contributed by atoms with Gasteiger partial charge in [0.2, 0.25) is 5.91 Å². The molecule has 2 heterocycles. The van der Waals surface area contributed by atoms with E-state index in [9.17, 15) is 18.0 Å². The number of carbonyl (C=O) groups is 1. The fourth-order valence-corrected chi connectivity index (χ4v) is 2.86. The summed E-state index contributed by atoms with van der Waals surface area (Å²) in [7, 11) is 0. The number of hydrogen-bond donors (Lipinski definition) is 2. The van der Waals surface area contributed by atoms with Crippen molar-refractivity contribution in [2.75, 3.05) is 10.6 Å². The minimum Gasteiger partial charge on any atom is -0.363 e. The third-order valence-electron chi connectivity index (χ3n) is 4.10. The van der Waals surface area contributed by atoms with E-state index < -0.39 is 23.8 Å². The summed E-state index contributed by atoms with van der Waals surface area (Å²) in [5.74, 6) is -0.423. The van der Waals surface area contributed by atoms with Gasteiger partial charge < -0.3 is 10.6 Å². The molecular weight excluding hydrogens is 371 g/mol. The molecule has 0 aliphatic heterocycles. The average Bonchev–Trinajstić information content (AvgIpc) is 2.61. The number of nitrogens with one attached hydrogen (secondary N) is 2. The molecule has 0 spiro atoms. The number of hydrogen-bond acceptors (Lipinski definition) is 5. The number of carbonyl (C=O) groups excluding carboxylic acids is 1. The van der Waals surface area contributed by atoms with E-state index in [4.69, 9.17) is 0 Å². The average molecular weight is 389 g/mol. The van der Waals surface area contributed by atoms with Crippen LogP contribution in [-0.4, -0.2) is 20.9 Å². The Hall–Kier alpha value is -3.23. The molecule has 0 saturated heterocycles. The van der Waals surface area contributed by atoms with Gasteiger partial charge in [0.05, 0.1) is 28.9 Å². The van der Waals surface area contributed by atoms with Crippen LogP contribution in [0.4, 0.5) is 24.7 Å². The van der Waals surface area contributed by atoms with Crippen molar-refractivity contribution in [3.05, 3.63) is 53.2 Å². The zero-order chi connectivity index (χ0) is 20.4. The lowest BCUT2D eigenvalue weighted by molar-refractivity contribution is -0.114. The highest BCUT2D eigenvalue weighted by atomic mass is 19.3. The molecule has 1 aromatic carbocycles. The molecule has 1 unspecified atom stereocenters. The Morgan fingerprint density at radius 2 is 1.89 bits per heavy atom. The summed E-state index contributed by atoms with van der Waals surface area (Å²) in [5, 5.41) is 6.17. The van der Waals surface area contributed by atoms with E-state index in [1.165, 1.54) is 25.3 Å². The molecule has 0 aliphatic carbocycles. The number of nitrogens with zero attached hydrogens (tertiary/aromatic N) is 3. The van der Waals surface area contributed by atoms with Crippen LogP contribution >= 0.6 is 0 Å². The Morgan fingerprint density at radius 3 is 2.57 bits per heavy atom.